The van der Waals surface area contributed by atoms with Gasteiger partial charge in [0.2, 0.25) is 0 Å². The van der Waals surface area contributed by atoms with Crippen molar-refractivity contribution in [2.24, 2.45) is 5.41 Å². The van der Waals surface area contributed by atoms with Crippen LogP contribution in [0.15, 0.2) is 16.2 Å². The maximum Gasteiger partial charge on any atom is 0.407 e. The molecule has 0 aliphatic carbocycles. The third-order valence-corrected chi connectivity index (χ3v) is 8.16. The summed E-state index contributed by atoms with van der Waals surface area (Å²) < 4.78 is 0. The van der Waals surface area contributed by atoms with Crippen molar-refractivity contribution < 1.29 is 14.7 Å². The minimum atomic E-state index is -0.861. The number of nitrogens with zero attached hydrogens (tertiary/aromatic N) is 2. The van der Waals surface area contributed by atoms with E-state index in [0.29, 0.717) is 17.7 Å². The van der Waals surface area contributed by atoms with E-state index in [2.05, 4.69) is 42.9 Å². The van der Waals surface area contributed by atoms with E-state index in [4.69, 9.17) is 0 Å². The van der Waals surface area contributed by atoms with Gasteiger partial charge in [0, 0.05) is 48.4 Å². The highest BCUT2D eigenvalue weighted by atomic mass is 32.1. The Morgan fingerprint density at radius 2 is 1.97 bits per heavy atom. The molecule has 3 N–H and O–H groups in total. The first-order valence-electron chi connectivity index (χ1n) is 12.2. The smallest absolute Gasteiger partial charge is 0.407 e. The van der Waals surface area contributed by atoms with E-state index in [0.717, 1.165) is 41.2 Å². The molecule has 2 amide bonds. The molecule has 0 radical (unpaired) electrons. The molecule has 35 heavy (non-hydrogen) atoms. The van der Waals surface area contributed by atoms with Gasteiger partial charge in [-0.3, -0.25) is 9.59 Å². The molecule has 9 heteroatoms. The molecule has 1 aliphatic rings. The Hall–Kier alpha value is -2.81. The number of aromatic amines is 1. The maximum absolute atomic E-state index is 13.0. The summed E-state index contributed by atoms with van der Waals surface area (Å²) in [5.41, 5.74) is 3.39. The summed E-state index contributed by atoms with van der Waals surface area (Å²) in [6.45, 7) is 15.5. The molecule has 192 valence electrons. The minimum Gasteiger partial charge on any atom is -0.465 e. The highest BCUT2D eigenvalue weighted by molar-refractivity contribution is 7.14. The van der Waals surface area contributed by atoms with Crippen molar-refractivity contribution in [3.05, 3.63) is 49.7 Å². The molecule has 0 aromatic carbocycles. The summed E-state index contributed by atoms with van der Waals surface area (Å²) in [5.74, 6) is -0.200. The minimum absolute atomic E-state index is 0.0772. The second-order valence-electron chi connectivity index (χ2n) is 10.5. The number of aromatic nitrogens is 1. The number of anilines is 1. The number of H-pyrrole nitrogens is 1. The van der Waals surface area contributed by atoms with Gasteiger partial charge in [-0.25, -0.2) is 4.79 Å². The summed E-state index contributed by atoms with van der Waals surface area (Å²) in [6.07, 6.45) is 0.638. The first-order valence-corrected chi connectivity index (χ1v) is 13.0. The standard InChI is InChI=1S/C26H38N4O4S/c1-8-29(18-9-10-30(25(33)34)21(12-18)26(5,6)7)24-17(4)20(14-35-24)22(31)27-13-19-15(2)11-16(3)28-23(19)32/h11,14,18,21H,8-10,12-13H2,1-7H3,(H,27,31)(H,28,32)(H,33,34). The predicted octanol–water partition coefficient (Wildman–Crippen LogP) is 4.68. The van der Waals surface area contributed by atoms with Gasteiger partial charge in [0.1, 0.15) is 0 Å². The Bertz CT molecular complexity index is 1150. The molecule has 1 aliphatic heterocycles. The van der Waals surface area contributed by atoms with Crippen molar-refractivity contribution in [3.8, 4) is 0 Å². The number of hydrogen-bond donors (Lipinski definition) is 3. The third kappa shape index (κ3) is 5.72. The van der Waals surface area contributed by atoms with E-state index in [-0.39, 0.29) is 35.5 Å². The van der Waals surface area contributed by atoms with Gasteiger partial charge in [-0.15, -0.1) is 11.3 Å². The lowest BCUT2D eigenvalue weighted by Crippen LogP contribution is -2.56. The summed E-state index contributed by atoms with van der Waals surface area (Å²) in [5, 5.41) is 15.5. The van der Waals surface area contributed by atoms with Crippen molar-refractivity contribution in [1.29, 1.82) is 0 Å². The molecule has 0 bridgehead atoms. The molecule has 0 saturated carbocycles. The van der Waals surface area contributed by atoms with Crippen LogP contribution < -0.4 is 15.8 Å². The summed E-state index contributed by atoms with van der Waals surface area (Å²) >= 11 is 1.54. The van der Waals surface area contributed by atoms with Crippen LogP contribution in [-0.2, 0) is 6.54 Å². The Morgan fingerprint density at radius 1 is 1.29 bits per heavy atom. The van der Waals surface area contributed by atoms with Gasteiger partial charge in [0.15, 0.2) is 0 Å². The lowest BCUT2D eigenvalue weighted by Gasteiger charge is -2.47. The van der Waals surface area contributed by atoms with Crippen molar-refractivity contribution in [2.75, 3.05) is 18.0 Å². The fourth-order valence-corrected chi connectivity index (χ4v) is 6.34. The molecule has 2 atom stereocenters. The number of rotatable bonds is 6. The van der Waals surface area contributed by atoms with Gasteiger partial charge in [0.05, 0.1) is 10.6 Å². The number of pyridine rings is 1. The van der Waals surface area contributed by atoms with Crippen molar-refractivity contribution in [3.63, 3.8) is 0 Å². The van der Waals surface area contributed by atoms with Gasteiger partial charge in [-0.1, -0.05) is 20.8 Å². The molecular formula is C26H38N4O4S. The number of piperidine rings is 1. The zero-order valence-corrected chi connectivity index (χ0v) is 22.6. The molecule has 2 aromatic rings. The number of amides is 2. The molecule has 3 heterocycles. The molecule has 8 nitrogen and oxygen atoms in total. The van der Waals surface area contributed by atoms with Crippen LogP contribution in [0.25, 0.3) is 0 Å². The van der Waals surface area contributed by atoms with Crippen LogP contribution >= 0.6 is 11.3 Å². The SMILES string of the molecule is CCN(c1scc(C(=O)NCc2c(C)cc(C)[nH]c2=O)c1C)C1CCN(C(=O)O)C(C(C)(C)C)C1. The second-order valence-corrected chi connectivity index (χ2v) is 11.4. The number of likely N-dealkylation sites (tertiary alicyclic amines) is 1. The lowest BCUT2D eigenvalue weighted by molar-refractivity contribution is 0.0524. The van der Waals surface area contributed by atoms with E-state index in [1.54, 1.807) is 16.2 Å². The van der Waals surface area contributed by atoms with Crippen LogP contribution in [0.3, 0.4) is 0 Å². The van der Waals surface area contributed by atoms with Crippen LogP contribution in [-0.4, -0.2) is 52.2 Å². The van der Waals surface area contributed by atoms with Gasteiger partial charge in [0.25, 0.3) is 11.5 Å². The predicted molar refractivity (Wildman–Crippen MR) is 141 cm³/mol. The molecule has 1 saturated heterocycles. The average Bonchev–Trinajstić information content (AvgIpc) is 3.13. The quantitative estimate of drug-likeness (QED) is 0.532. The largest absolute Gasteiger partial charge is 0.465 e. The van der Waals surface area contributed by atoms with Crippen molar-refractivity contribution in [2.45, 2.75) is 79.9 Å². The van der Waals surface area contributed by atoms with Gasteiger partial charge in [-0.05, 0) is 63.1 Å². The van der Waals surface area contributed by atoms with E-state index >= 15 is 0 Å². The number of thiophene rings is 1. The highest BCUT2D eigenvalue weighted by Crippen LogP contribution is 2.38. The topological polar surface area (TPSA) is 106 Å². The number of aryl methyl sites for hydroxylation is 2. The molecule has 3 rings (SSSR count). The van der Waals surface area contributed by atoms with Crippen molar-refractivity contribution >= 4 is 28.3 Å². The monoisotopic (exact) mass is 502 g/mol. The van der Waals surface area contributed by atoms with Gasteiger partial charge in [-0.2, -0.15) is 0 Å². The molecule has 1 fully saturated rings. The molecule has 2 unspecified atom stereocenters. The number of hydrogen-bond acceptors (Lipinski definition) is 5. The van der Waals surface area contributed by atoms with Crippen LogP contribution in [0.5, 0.6) is 0 Å². The Balaban J connectivity index is 1.78. The van der Waals surface area contributed by atoms with Crippen LogP contribution in [0.1, 0.15) is 73.3 Å². The van der Waals surface area contributed by atoms with Crippen LogP contribution in [0.4, 0.5) is 9.80 Å². The van der Waals surface area contributed by atoms with Crippen LogP contribution in [0, 0.1) is 26.2 Å². The zero-order chi connectivity index (χ0) is 26.1. The molecular weight excluding hydrogens is 464 g/mol. The first kappa shape index (κ1) is 26.8. The highest BCUT2D eigenvalue weighted by Gasteiger charge is 2.40. The van der Waals surface area contributed by atoms with E-state index in [1.165, 1.54) is 0 Å². The number of carbonyl (C=O) groups excluding carboxylic acids is 1. The fourth-order valence-electron chi connectivity index (χ4n) is 5.13. The number of carbonyl (C=O) groups is 2. The van der Waals surface area contributed by atoms with Crippen LogP contribution in [0.2, 0.25) is 0 Å². The Morgan fingerprint density at radius 3 is 2.54 bits per heavy atom. The van der Waals surface area contributed by atoms with Gasteiger partial charge >= 0.3 is 6.09 Å². The summed E-state index contributed by atoms with van der Waals surface area (Å²) in [6, 6.07) is 2.02. The van der Waals surface area contributed by atoms with Gasteiger partial charge < -0.3 is 25.2 Å². The Kier molecular flexibility index (Phi) is 7.99. The maximum atomic E-state index is 13.0. The van der Waals surface area contributed by atoms with E-state index in [9.17, 15) is 19.5 Å². The first-order chi connectivity index (χ1) is 16.3. The summed E-state index contributed by atoms with van der Waals surface area (Å²) in [7, 11) is 0. The second kappa shape index (κ2) is 10.4. The fraction of sp³-hybridized carbons (Fsp3) is 0.577. The zero-order valence-electron chi connectivity index (χ0n) is 21.8. The Labute approximate surface area is 211 Å². The summed E-state index contributed by atoms with van der Waals surface area (Å²) in [4.78, 5) is 43.8. The number of nitrogens with one attached hydrogen (secondary N) is 2. The van der Waals surface area contributed by atoms with E-state index < -0.39 is 6.09 Å². The number of carboxylic acid groups (broad SMARTS) is 1. The van der Waals surface area contributed by atoms with Crippen molar-refractivity contribution in [1.82, 2.24) is 15.2 Å². The molecule has 0 spiro atoms. The average molecular weight is 503 g/mol. The molecule has 2 aromatic heterocycles. The third-order valence-electron chi connectivity index (χ3n) is 7.04. The normalized spacial score (nSPS) is 18.4. The lowest BCUT2D eigenvalue weighted by atomic mass is 9.79. The van der Waals surface area contributed by atoms with E-state index in [1.807, 2.05) is 32.2 Å².